The van der Waals surface area contributed by atoms with Crippen LogP contribution in [-0.2, 0) is 0 Å². The lowest BCUT2D eigenvalue weighted by atomic mass is 10.0. The van der Waals surface area contributed by atoms with Crippen LogP contribution in [0.5, 0.6) is 0 Å². The Hall–Kier alpha value is -2.40. The topological polar surface area (TPSA) is 58.6 Å². The highest BCUT2D eigenvalue weighted by atomic mass is 32.2. The van der Waals surface area contributed by atoms with Gasteiger partial charge in [-0.3, -0.25) is 9.89 Å². The Kier molecular flexibility index (Phi) is 5.34. The van der Waals surface area contributed by atoms with Crippen LogP contribution in [0.1, 0.15) is 41.3 Å². The second-order valence-electron chi connectivity index (χ2n) is 6.32. The molecule has 0 saturated heterocycles. The fourth-order valence-electron chi connectivity index (χ4n) is 2.42. The number of nitrogens with one attached hydrogen (secondary N) is 1. The fourth-order valence-corrected chi connectivity index (χ4v) is 3.11. The molecule has 0 aliphatic heterocycles. The highest BCUT2D eigenvalue weighted by Crippen LogP contribution is 2.21. The van der Waals surface area contributed by atoms with Crippen molar-refractivity contribution in [2.45, 2.75) is 31.8 Å². The van der Waals surface area contributed by atoms with Gasteiger partial charge >= 0.3 is 0 Å². The van der Waals surface area contributed by atoms with Crippen molar-refractivity contribution < 1.29 is 4.79 Å². The largest absolute Gasteiger partial charge is 0.293 e. The third-order valence-electron chi connectivity index (χ3n) is 4.02. The number of benzene rings is 2. The Morgan fingerprint density at radius 2 is 1.76 bits per heavy atom. The van der Waals surface area contributed by atoms with Crippen LogP contribution in [0.2, 0.25) is 0 Å². The quantitative estimate of drug-likeness (QED) is 0.508. The first-order valence-electron chi connectivity index (χ1n) is 8.28. The van der Waals surface area contributed by atoms with Crippen molar-refractivity contribution in [3.05, 3.63) is 65.2 Å². The minimum Gasteiger partial charge on any atom is -0.293 e. The minimum atomic E-state index is 0.0852. The maximum atomic E-state index is 12.3. The number of carbonyl (C=O) groups is 1. The van der Waals surface area contributed by atoms with Crippen molar-refractivity contribution in [3.8, 4) is 11.4 Å². The lowest BCUT2D eigenvalue weighted by Gasteiger charge is -2.05. The van der Waals surface area contributed by atoms with Crippen LogP contribution in [0.4, 0.5) is 0 Å². The summed E-state index contributed by atoms with van der Waals surface area (Å²) in [6, 6.07) is 15.9. The molecule has 2 aromatic carbocycles. The number of hydrogen-bond acceptors (Lipinski definition) is 4. The summed E-state index contributed by atoms with van der Waals surface area (Å²) < 4.78 is 0. The first-order chi connectivity index (χ1) is 12.0. The van der Waals surface area contributed by atoms with Gasteiger partial charge in [0.2, 0.25) is 5.16 Å². The Bertz CT molecular complexity index is 851. The van der Waals surface area contributed by atoms with E-state index < -0.39 is 0 Å². The third-order valence-corrected chi connectivity index (χ3v) is 4.87. The highest BCUT2D eigenvalue weighted by molar-refractivity contribution is 7.99. The van der Waals surface area contributed by atoms with Crippen LogP contribution in [0.25, 0.3) is 11.4 Å². The van der Waals surface area contributed by atoms with Gasteiger partial charge in [-0.2, -0.15) is 0 Å². The van der Waals surface area contributed by atoms with E-state index in [9.17, 15) is 4.79 Å². The first-order valence-corrected chi connectivity index (χ1v) is 9.27. The lowest BCUT2D eigenvalue weighted by molar-refractivity contribution is 0.102. The lowest BCUT2D eigenvalue weighted by Crippen LogP contribution is -2.03. The predicted molar refractivity (Wildman–Crippen MR) is 102 cm³/mol. The molecule has 1 N–H and O–H groups in total. The molecule has 0 unspecified atom stereocenters. The van der Waals surface area contributed by atoms with E-state index in [1.54, 1.807) is 0 Å². The summed E-state index contributed by atoms with van der Waals surface area (Å²) in [5.74, 6) is 1.59. The predicted octanol–water partition coefficient (Wildman–Crippen LogP) is 4.88. The SMILES string of the molecule is Cc1ccc(-c2nc(SCC(=O)c3ccc(C(C)C)cc3)n[nH]2)cc1. The second-order valence-corrected chi connectivity index (χ2v) is 7.26. The molecule has 0 aliphatic carbocycles. The third kappa shape index (κ3) is 4.37. The number of aryl methyl sites for hydroxylation is 1. The van der Waals surface area contributed by atoms with Crippen molar-refractivity contribution in [2.75, 3.05) is 5.75 Å². The number of nitrogens with zero attached hydrogens (tertiary/aromatic N) is 2. The molecule has 128 valence electrons. The molecule has 25 heavy (non-hydrogen) atoms. The summed E-state index contributed by atoms with van der Waals surface area (Å²) in [6.07, 6.45) is 0. The molecule has 5 heteroatoms. The molecule has 0 aliphatic rings. The molecular weight excluding hydrogens is 330 g/mol. The summed E-state index contributed by atoms with van der Waals surface area (Å²) in [7, 11) is 0. The van der Waals surface area contributed by atoms with Gasteiger partial charge in [0.05, 0.1) is 5.75 Å². The van der Waals surface area contributed by atoms with Gasteiger partial charge in [0.25, 0.3) is 0 Å². The van der Waals surface area contributed by atoms with Crippen molar-refractivity contribution in [1.82, 2.24) is 15.2 Å². The zero-order valence-corrected chi connectivity index (χ0v) is 15.4. The average molecular weight is 351 g/mol. The number of hydrogen-bond donors (Lipinski definition) is 1. The van der Waals surface area contributed by atoms with Crippen molar-refractivity contribution in [2.24, 2.45) is 0 Å². The number of H-pyrrole nitrogens is 1. The zero-order chi connectivity index (χ0) is 17.8. The van der Waals surface area contributed by atoms with E-state index in [4.69, 9.17) is 0 Å². The normalized spacial score (nSPS) is 11.0. The average Bonchev–Trinajstić information content (AvgIpc) is 3.09. The zero-order valence-electron chi connectivity index (χ0n) is 14.6. The summed E-state index contributed by atoms with van der Waals surface area (Å²) in [5, 5.41) is 7.71. The molecule has 0 spiro atoms. The van der Waals surface area contributed by atoms with Crippen LogP contribution < -0.4 is 0 Å². The Morgan fingerprint density at radius 1 is 1.08 bits per heavy atom. The monoisotopic (exact) mass is 351 g/mol. The van der Waals surface area contributed by atoms with E-state index in [-0.39, 0.29) is 5.78 Å². The van der Waals surface area contributed by atoms with E-state index in [2.05, 4.69) is 29.0 Å². The molecule has 3 aromatic rings. The van der Waals surface area contributed by atoms with Gasteiger partial charge in [-0.05, 0) is 18.4 Å². The summed E-state index contributed by atoms with van der Waals surface area (Å²) >= 11 is 1.35. The van der Waals surface area contributed by atoms with Crippen LogP contribution >= 0.6 is 11.8 Å². The van der Waals surface area contributed by atoms with Gasteiger partial charge in [-0.25, -0.2) is 4.98 Å². The number of thioether (sulfide) groups is 1. The fraction of sp³-hybridized carbons (Fsp3) is 0.250. The smallest absolute Gasteiger partial charge is 0.209 e. The second kappa shape index (κ2) is 7.66. The number of aromatic amines is 1. The Labute approximate surface area is 152 Å². The molecule has 0 amide bonds. The van der Waals surface area contributed by atoms with Crippen molar-refractivity contribution >= 4 is 17.5 Å². The number of aromatic nitrogens is 3. The molecule has 1 aromatic heterocycles. The van der Waals surface area contributed by atoms with E-state index in [1.807, 2.05) is 55.5 Å². The number of ketones is 1. The maximum absolute atomic E-state index is 12.3. The molecule has 1 heterocycles. The number of Topliss-reactive ketones (excluding diaryl/α,β-unsaturated/α-hetero) is 1. The van der Waals surface area contributed by atoms with Gasteiger partial charge < -0.3 is 0 Å². The molecular formula is C20H21N3OS. The van der Waals surface area contributed by atoms with Gasteiger partial charge in [0, 0.05) is 11.1 Å². The molecule has 4 nitrogen and oxygen atoms in total. The van der Waals surface area contributed by atoms with Crippen LogP contribution in [0.15, 0.2) is 53.7 Å². The molecule has 0 bridgehead atoms. The summed E-state index contributed by atoms with van der Waals surface area (Å²) in [5.41, 5.74) is 4.15. The van der Waals surface area contributed by atoms with E-state index in [0.717, 1.165) is 17.0 Å². The van der Waals surface area contributed by atoms with Crippen LogP contribution in [0.3, 0.4) is 0 Å². The van der Waals surface area contributed by atoms with Crippen LogP contribution in [0, 0.1) is 6.92 Å². The maximum Gasteiger partial charge on any atom is 0.209 e. The van der Waals surface area contributed by atoms with Crippen LogP contribution in [-0.4, -0.2) is 26.7 Å². The van der Waals surface area contributed by atoms with Gasteiger partial charge in [-0.15, -0.1) is 5.10 Å². The van der Waals surface area contributed by atoms with E-state index in [1.165, 1.54) is 22.9 Å². The van der Waals surface area contributed by atoms with Gasteiger partial charge in [0.15, 0.2) is 11.6 Å². The number of carbonyl (C=O) groups excluding carboxylic acids is 1. The van der Waals surface area contributed by atoms with E-state index in [0.29, 0.717) is 16.8 Å². The highest BCUT2D eigenvalue weighted by Gasteiger charge is 2.11. The van der Waals surface area contributed by atoms with Gasteiger partial charge in [-0.1, -0.05) is 79.7 Å². The summed E-state index contributed by atoms with van der Waals surface area (Å²) in [4.78, 5) is 16.8. The molecule has 0 fully saturated rings. The Balaban J connectivity index is 1.61. The van der Waals surface area contributed by atoms with Gasteiger partial charge in [0.1, 0.15) is 0 Å². The molecule has 0 radical (unpaired) electrons. The summed E-state index contributed by atoms with van der Waals surface area (Å²) in [6.45, 7) is 6.33. The first kappa shape index (κ1) is 17.4. The minimum absolute atomic E-state index is 0.0852. The van der Waals surface area contributed by atoms with Crippen molar-refractivity contribution in [1.29, 1.82) is 0 Å². The molecule has 3 rings (SSSR count). The molecule has 0 atom stereocenters. The van der Waals surface area contributed by atoms with Crippen molar-refractivity contribution in [3.63, 3.8) is 0 Å². The number of rotatable bonds is 6. The molecule has 0 saturated carbocycles. The van der Waals surface area contributed by atoms with E-state index >= 15 is 0 Å². The Morgan fingerprint density at radius 3 is 2.40 bits per heavy atom. The standard InChI is InChI=1S/C20H21N3OS/c1-13(2)15-8-10-16(11-9-15)18(24)12-25-20-21-19(22-23-20)17-6-4-14(3)5-7-17/h4-11,13H,12H2,1-3H3,(H,21,22,23).